The number of aromatic nitrogens is 4. The predicted octanol–water partition coefficient (Wildman–Crippen LogP) is 0.184. The van der Waals surface area contributed by atoms with Gasteiger partial charge in [-0.05, 0) is 6.92 Å². The van der Waals surface area contributed by atoms with Crippen molar-refractivity contribution in [2.75, 3.05) is 0 Å². The summed E-state index contributed by atoms with van der Waals surface area (Å²) in [4.78, 5) is 17.5. The molecule has 0 saturated heterocycles. The lowest BCUT2D eigenvalue weighted by Crippen LogP contribution is -2.06. The Hall–Kier alpha value is -2.11. The van der Waals surface area contributed by atoms with Crippen molar-refractivity contribution in [1.29, 1.82) is 0 Å². The second-order valence-corrected chi connectivity index (χ2v) is 3.25. The van der Waals surface area contributed by atoms with E-state index in [2.05, 4.69) is 15.1 Å². The molecule has 0 spiro atoms. The fourth-order valence-electron chi connectivity index (χ4n) is 1.40. The summed E-state index contributed by atoms with van der Waals surface area (Å²) in [7, 11) is 1.78. The third-order valence-electron chi connectivity index (χ3n) is 2.00. The Morgan fingerprint density at radius 2 is 2.27 bits per heavy atom. The van der Waals surface area contributed by atoms with Gasteiger partial charge in [0.1, 0.15) is 5.82 Å². The van der Waals surface area contributed by atoms with Gasteiger partial charge in [0, 0.05) is 13.2 Å². The number of nitrogens with one attached hydrogen (secondary N) is 1. The van der Waals surface area contributed by atoms with Crippen LogP contribution in [-0.2, 0) is 7.05 Å². The molecule has 0 aliphatic heterocycles. The lowest BCUT2D eigenvalue weighted by Gasteiger charge is -1.97. The van der Waals surface area contributed by atoms with Gasteiger partial charge < -0.3 is 10.1 Å². The van der Waals surface area contributed by atoms with E-state index in [0.29, 0.717) is 11.4 Å². The Bertz CT molecular complexity index is 555. The molecule has 0 amide bonds. The quantitative estimate of drug-likeness (QED) is 0.697. The number of aryl methyl sites for hydroxylation is 2. The molecule has 2 aromatic rings. The maximum absolute atomic E-state index is 11.1. The van der Waals surface area contributed by atoms with E-state index in [0.717, 1.165) is 11.8 Å². The lowest BCUT2D eigenvalue weighted by molar-refractivity contribution is 0.452. The highest BCUT2D eigenvalue weighted by molar-refractivity contribution is 5.56. The van der Waals surface area contributed by atoms with Gasteiger partial charge in [0.05, 0.1) is 17.3 Å². The molecule has 6 heteroatoms. The van der Waals surface area contributed by atoms with E-state index in [4.69, 9.17) is 0 Å². The van der Waals surface area contributed by atoms with E-state index in [1.54, 1.807) is 24.9 Å². The van der Waals surface area contributed by atoms with Crippen LogP contribution in [0.2, 0.25) is 0 Å². The summed E-state index contributed by atoms with van der Waals surface area (Å²) in [6, 6.07) is 1.02. The molecule has 0 atom stereocenters. The molecule has 0 saturated carbocycles. The monoisotopic (exact) mass is 206 g/mol. The highest BCUT2D eigenvalue weighted by Gasteiger charge is 2.09. The SMILES string of the molecule is Cc1nn(C)cc1-c1nc(O)cc(=O)[nH]1. The second-order valence-electron chi connectivity index (χ2n) is 3.25. The standard InChI is InChI=1S/C9H10N4O2/c1-5-6(4-13(2)12-5)9-10-7(14)3-8(15)11-9/h3-4H,1-2H3,(H2,10,11,14,15). The van der Waals surface area contributed by atoms with Crippen LogP contribution in [0.3, 0.4) is 0 Å². The largest absolute Gasteiger partial charge is 0.493 e. The van der Waals surface area contributed by atoms with E-state index in [1.165, 1.54) is 0 Å². The van der Waals surface area contributed by atoms with Crippen molar-refractivity contribution in [2.45, 2.75) is 6.92 Å². The van der Waals surface area contributed by atoms with Crippen LogP contribution in [0.4, 0.5) is 0 Å². The summed E-state index contributed by atoms with van der Waals surface area (Å²) < 4.78 is 1.62. The van der Waals surface area contributed by atoms with Crippen molar-refractivity contribution in [3.05, 3.63) is 28.3 Å². The van der Waals surface area contributed by atoms with Gasteiger partial charge in [0.25, 0.3) is 5.56 Å². The Balaban J connectivity index is 2.63. The molecule has 2 aromatic heterocycles. The Labute approximate surface area is 85.2 Å². The maximum Gasteiger partial charge on any atom is 0.254 e. The van der Waals surface area contributed by atoms with Gasteiger partial charge in [0.15, 0.2) is 0 Å². The minimum atomic E-state index is -0.388. The number of H-pyrrole nitrogens is 1. The molecule has 0 fully saturated rings. The van der Waals surface area contributed by atoms with Crippen molar-refractivity contribution >= 4 is 0 Å². The van der Waals surface area contributed by atoms with E-state index in [9.17, 15) is 9.90 Å². The van der Waals surface area contributed by atoms with Gasteiger partial charge in [-0.2, -0.15) is 10.1 Å². The van der Waals surface area contributed by atoms with Crippen LogP contribution < -0.4 is 5.56 Å². The number of hydrogen-bond acceptors (Lipinski definition) is 4. The Kier molecular flexibility index (Phi) is 2.03. The van der Waals surface area contributed by atoms with Crippen molar-refractivity contribution in [1.82, 2.24) is 19.7 Å². The van der Waals surface area contributed by atoms with Crippen LogP contribution in [0.1, 0.15) is 5.69 Å². The predicted molar refractivity (Wildman–Crippen MR) is 53.5 cm³/mol. The van der Waals surface area contributed by atoms with Crippen molar-refractivity contribution in [3.63, 3.8) is 0 Å². The van der Waals surface area contributed by atoms with Crippen LogP contribution in [0.15, 0.2) is 17.1 Å². The highest BCUT2D eigenvalue weighted by atomic mass is 16.3. The average Bonchev–Trinajstić information content (AvgIpc) is 2.43. The van der Waals surface area contributed by atoms with Crippen LogP contribution >= 0.6 is 0 Å². The fraction of sp³-hybridized carbons (Fsp3) is 0.222. The molecule has 2 N–H and O–H groups in total. The third-order valence-corrected chi connectivity index (χ3v) is 2.00. The van der Waals surface area contributed by atoms with E-state index >= 15 is 0 Å². The van der Waals surface area contributed by atoms with E-state index in [1.807, 2.05) is 0 Å². The molecule has 0 aliphatic carbocycles. The van der Waals surface area contributed by atoms with Gasteiger partial charge in [-0.1, -0.05) is 0 Å². The molecule has 0 aromatic carbocycles. The molecule has 0 aliphatic rings. The zero-order valence-electron chi connectivity index (χ0n) is 8.35. The topological polar surface area (TPSA) is 83.8 Å². The minimum absolute atomic E-state index is 0.294. The molecule has 78 valence electrons. The molecule has 0 radical (unpaired) electrons. The summed E-state index contributed by atoms with van der Waals surface area (Å²) in [5, 5.41) is 13.3. The van der Waals surface area contributed by atoms with Gasteiger partial charge in [0.2, 0.25) is 5.88 Å². The number of aromatic hydroxyl groups is 1. The van der Waals surface area contributed by atoms with Crippen molar-refractivity contribution in [3.8, 4) is 17.3 Å². The van der Waals surface area contributed by atoms with Crippen LogP contribution in [0, 0.1) is 6.92 Å². The maximum atomic E-state index is 11.1. The normalized spacial score (nSPS) is 10.5. The average molecular weight is 206 g/mol. The van der Waals surface area contributed by atoms with Crippen LogP contribution in [0.25, 0.3) is 11.4 Å². The summed E-state index contributed by atoms with van der Waals surface area (Å²) in [5.41, 5.74) is 1.05. The molecule has 2 rings (SSSR count). The number of aromatic amines is 1. The summed E-state index contributed by atoms with van der Waals surface area (Å²) >= 11 is 0. The van der Waals surface area contributed by atoms with Crippen molar-refractivity contribution < 1.29 is 5.11 Å². The summed E-state index contributed by atoms with van der Waals surface area (Å²) in [6.07, 6.45) is 1.73. The zero-order valence-corrected chi connectivity index (χ0v) is 8.35. The van der Waals surface area contributed by atoms with Gasteiger partial charge in [-0.25, -0.2) is 0 Å². The molecule has 0 bridgehead atoms. The fourth-order valence-corrected chi connectivity index (χ4v) is 1.40. The second kappa shape index (κ2) is 3.23. The van der Waals surface area contributed by atoms with E-state index < -0.39 is 0 Å². The Morgan fingerprint density at radius 1 is 1.53 bits per heavy atom. The highest BCUT2D eigenvalue weighted by Crippen LogP contribution is 2.17. The minimum Gasteiger partial charge on any atom is -0.493 e. The van der Waals surface area contributed by atoms with Gasteiger partial charge in [-0.15, -0.1) is 0 Å². The molecule has 15 heavy (non-hydrogen) atoms. The molecule has 2 heterocycles. The lowest BCUT2D eigenvalue weighted by atomic mass is 10.2. The number of nitrogens with zero attached hydrogens (tertiary/aromatic N) is 3. The van der Waals surface area contributed by atoms with Crippen LogP contribution in [0.5, 0.6) is 5.88 Å². The molecular formula is C9H10N4O2. The summed E-state index contributed by atoms with van der Waals surface area (Å²) in [5.74, 6) is 0.0302. The molecule has 0 unspecified atom stereocenters. The first-order valence-electron chi connectivity index (χ1n) is 4.37. The smallest absolute Gasteiger partial charge is 0.254 e. The third kappa shape index (κ3) is 1.74. The Morgan fingerprint density at radius 3 is 2.80 bits per heavy atom. The zero-order chi connectivity index (χ0) is 11.0. The number of hydrogen-bond donors (Lipinski definition) is 2. The van der Waals surface area contributed by atoms with Crippen LogP contribution in [-0.4, -0.2) is 24.9 Å². The first-order valence-corrected chi connectivity index (χ1v) is 4.37. The molecule has 6 nitrogen and oxygen atoms in total. The molecular weight excluding hydrogens is 196 g/mol. The number of rotatable bonds is 1. The van der Waals surface area contributed by atoms with Gasteiger partial charge >= 0.3 is 0 Å². The summed E-state index contributed by atoms with van der Waals surface area (Å²) in [6.45, 7) is 1.80. The first kappa shape index (κ1) is 9.45. The van der Waals surface area contributed by atoms with Gasteiger partial charge in [-0.3, -0.25) is 9.48 Å². The van der Waals surface area contributed by atoms with E-state index in [-0.39, 0.29) is 11.4 Å². The first-order chi connectivity index (χ1) is 7.06. The van der Waals surface area contributed by atoms with Crippen molar-refractivity contribution in [2.24, 2.45) is 7.05 Å².